The van der Waals surface area contributed by atoms with Crippen molar-refractivity contribution in [3.63, 3.8) is 0 Å². The maximum atomic E-state index is 9.47. The monoisotopic (exact) mass is 168 g/mol. The molecule has 0 heterocycles. The van der Waals surface area contributed by atoms with E-state index in [0.29, 0.717) is 5.56 Å². The predicted octanol–water partition coefficient (Wildman–Crippen LogP) is 2.53. The third-order valence-corrected chi connectivity index (χ3v) is 2.05. The summed E-state index contributed by atoms with van der Waals surface area (Å²) in [5, 5.41) is 11.4. The molecule has 0 saturated heterocycles. The molecule has 0 bridgehead atoms. The van der Waals surface area contributed by atoms with Crippen LogP contribution >= 0.6 is 0 Å². The molecule has 0 aliphatic rings. The van der Waals surface area contributed by atoms with Gasteiger partial charge in [-0.3, -0.25) is 0 Å². The van der Waals surface area contributed by atoms with Gasteiger partial charge in [-0.2, -0.15) is 0 Å². The van der Waals surface area contributed by atoms with Gasteiger partial charge < -0.3 is 5.11 Å². The zero-order valence-corrected chi connectivity index (χ0v) is 6.99. The molecule has 1 N–H and O–H groups in total. The van der Waals surface area contributed by atoms with Gasteiger partial charge in [0.25, 0.3) is 0 Å². The molecule has 1 nitrogen and oxygen atoms in total. The Morgan fingerprint density at radius 3 is 2.62 bits per heavy atom. The van der Waals surface area contributed by atoms with Crippen LogP contribution in [-0.4, -0.2) is 5.11 Å². The number of phenols is 1. The first-order valence-electron chi connectivity index (χ1n) is 4.00. The molecule has 62 valence electrons. The first kappa shape index (κ1) is 7.70. The Morgan fingerprint density at radius 2 is 1.85 bits per heavy atom. The van der Waals surface area contributed by atoms with Crippen LogP contribution in [0.2, 0.25) is 0 Å². The van der Waals surface area contributed by atoms with Crippen LogP contribution in [0.15, 0.2) is 36.4 Å². The molecule has 13 heavy (non-hydrogen) atoms. The molecular formula is C12H8O. The predicted molar refractivity (Wildman–Crippen MR) is 53.5 cm³/mol. The van der Waals surface area contributed by atoms with Crippen molar-refractivity contribution in [2.24, 2.45) is 0 Å². The van der Waals surface area contributed by atoms with Crippen molar-refractivity contribution in [1.82, 2.24) is 0 Å². The van der Waals surface area contributed by atoms with Gasteiger partial charge >= 0.3 is 0 Å². The maximum Gasteiger partial charge on any atom is 0.131 e. The lowest BCUT2D eigenvalue weighted by molar-refractivity contribution is 0.474. The van der Waals surface area contributed by atoms with Gasteiger partial charge in [-0.1, -0.05) is 36.3 Å². The number of fused-ring (bicyclic) bond motifs is 1. The van der Waals surface area contributed by atoms with E-state index >= 15 is 0 Å². The van der Waals surface area contributed by atoms with Crippen molar-refractivity contribution in [1.29, 1.82) is 0 Å². The minimum Gasteiger partial charge on any atom is -0.507 e. The smallest absolute Gasteiger partial charge is 0.131 e. The molecule has 0 aromatic heterocycles. The second-order valence-corrected chi connectivity index (χ2v) is 2.83. The fourth-order valence-corrected chi connectivity index (χ4v) is 1.41. The molecule has 0 amide bonds. The fraction of sp³-hybridized carbons (Fsp3) is 0. The molecule has 1 heteroatoms. The first-order chi connectivity index (χ1) is 6.33. The third kappa shape index (κ3) is 1.13. The Labute approximate surface area is 76.6 Å². The third-order valence-electron chi connectivity index (χ3n) is 2.05. The standard InChI is InChI=1S/C12H8O/c1-2-10-11-6-4-3-5-9(11)7-8-12(10)13/h1,3-8,13H. The zero-order chi connectivity index (χ0) is 9.26. The average molecular weight is 168 g/mol. The normalized spacial score (nSPS) is 9.77. The molecule has 0 fully saturated rings. The highest BCUT2D eigenvalue weighted by atomic mass is 16.3. The van der Waals surface area contributed by atoms with Gasteiger partial charge in [0.2, 0.25) is 0 Å². The molecule has 2 aromatic rings. The highest BCUT2D eigenvalue weighted by molar-refractivity contribution is 5.90. The molecule has 0 saturated carbocycles. The van der Waals surface area contributed by atoms with Crippen LogP contribution in [0.4, 0.5) is 0 Å². The fourth-order valence-electron chi connectivity index (χ4n) is 1.41. The number of hydrogen-bond donors (Lipinski definition) is 1. The molecular weight excluding hydrogens is 160 g/mol. The van der Waals surface area contributed by atoms with Gasteiger partial charge in [0.05, 0.1) is 5.56 Å². The number of benzene rings is 2. The summed E-state index contributed by atoms with van der Waals surface area (Å²) >= 11 is 0. The second-order valence-electron chi connectivity index (χ2n) is 2.83. The van der Waals surface area contributed by atoms with E-state index in [9.17, 15) is 5.11 Å². The minimum absolute atomic E-state index is 0.168. The van der Waals surface area contributed by atoms with E-state index in [0.717, 1.165) is 10.8 Å². The Kier molecular flexibility index (Phi) is 1.68. The first-order valence-corrected chi connectivity index (χ1v) is 4.00. The maximum absolute atomic E-state index is 9.47. The lowest BCUT2D eigenvalue weighted by Gasteiger charge is -2.02. The van der Waals surface area contributed by atoms with Crippen molar-refractivity contribution >= 4 is 10.8 Å². The summed E-state index contributed by atoms with van der Waals surface area (Å²) in [6, 6.07) is 11.2. The topological polar surface area (TPSA) is 20.2 Å². The summed E-state index contributed by atoms with van der Waals surface area (Å²) in [6.45, 7) is 0. The van der Waals surface area contributed by atoms with E-state index in [-0.39, 0.29) is 5.75 Å². The Hall–Kier alpha value is -1.94. The van der Waals surface area contributed by atoms with Gasteiger partial charge in [0.1, 0.15) is 5.75 Å². The second kappa shape index (κ2) is 2.84. The molecule has 0 aliphatic carbocycles. The van der Waals surface area contributed by atoms with E-state index in [4.69, 9.17) is 6.42 Å². The number of hydrogen-bond acceptors (Lipinski definition) is 1. The summed E-state index contributed by atoms with van der Waals surface area (Å²) in [6.07, 6.45) is 5.31. The van der Waals surface area contributed by atoms with E-state index in [1.54, 1.807) is 6.07 Å². The largest absolute Gasteiger partial charge is 0.507 e. The summed E-state index contributed by atoms with van der Waals surface area (Å²) in [7, 11) is 0. The number of terminal acetylenes is 1. The van der Waals surface area contributed by atoms with E-state index in [2.05, 4.69) is 5.92 Å². The van der Waals surface area contributed by atoms with Gasteiger partial charge in [-0.15, -0.1) is 6.42 Å². The summed E-state index contributed by atoms with van der Waals surface area (Å²) in [5.74, 6) is 2.66. The van der Waals surface area contributed by atoms with E-state index < -0.39 is 0 Å². The van der Waals surface area contributed by atoms with Crippen molar-refractivity contribution in [2.75, 3.05) is 0 Å². The Balaban J connectivity index is 2.94. The van der Waals surface area contributed by atoms with E-state index in [1.165, 1.54) is 0 Å². The molecule has 0 unspecified atom stereocenters. The van der Waals surface area contributed by atoms with Crippen molar-refractivity contribution in [3.05, 3.63) is 42.0 Å². The molecule has 0 radical (unpaired) electrons. The Morgan fingerprint density at radius 1 is 1.08 bits per heavy atom. The Bertz CT molecular complexity index is 492. The molecule has 0 atom stereocenters. The quantitative estimate of drug-likeness (QED) is 0.599. The summed E-state index contributed by atoms with van der Waals surface area (Å²) < 4.78 is 0. The highest BCUT2D eigenvalue weighted by Crippen LogP contribution is 2.25. The molecule has 2 aromatic carbocycles. The van der Waals surface area contributed by atoms with Crippen molar-refractivity contribution in [3.8, 4) is 18.1 Å². The summed E-state index contributed by atoms with van der Waals surface area (Å²) in [4.78, 5) is 0. The van der Waals surface area contributed by atoms with Crippen LogP contribution in [0.5, 0.6) is 5.75 Å². The lowest BCUT2D eigenvalue weighted by Crippen LogP contribution is -1.79. The average Bonchev–Trinajstić information content (AvgIpc) is 2.18. The highest BCUT2D eigenvalue weighted by Gasteiger charge is 2.02. The minimum atomic E-state index is 0.168. The van der Waals surface area contributed by atoms with Crippen LogP contribution in [0.3, 0.4) is 0 Å². The van der Waals surface area contributed by atoms with Crippen molar-refractivity contribution in [2.45, 2.75) is 0 Å². The number of phenolic OH excluding ortho intramolecular Hbond substituents is 1. The molecule has 0 spiro atoms. The number of rotatable bonds is 0. The lowest BCUT2D eigenvalue weighted by atomic mass is 10.0. The van der Waals surface area contributed by atoms with Crippen LogP contribution in [0.1, 0.15) is 5.56 Å². The van der Waals surface area contributed by atoms with Gasteiger partial charge in [0.15, 0.2) is 0 Å². The van der Waals surface area contributed by atoms with Crippen molar-refractivity contribution < 1.29 is 5.11 Å². The SMILES string of the molecule is C#Cc1c(O)ccc2ccccc12. The van der Waals surface area contributed by atoms with Crippen LogP contribution < -0.4 is 0 Å². The van der Waals surface area contributed by atoms with Gasteiger partial charge in [0, 0.05) is 5.39 Å². The summed E-state index contributed by atoms with van der Waals surface area (Å²) in [5.41, 5.74) is 0.568. The zero-order valence-electron chi connectivity index (χ0n) is 6.99. The van der Waals surface area contributed by atoms with Crippen LogP contribution in [-0.2, 0) is 0 Å². The van der Waals surface area contributed by atoms with E-state index in [1.807, 2.05) is 30.3 Å². The van der Waals surface area contributed by atoms with Gasteiger partial charge in [-0.05, 0) is 11.5 Å². The molecule has 2 rings (SSSR count). The molecule has 0 aliphatic heterocycles. The van der Waals surface area contributed by atoms with Crippen LogP contribution in [0, 0.1) is 12.3 Å². The van der Waals surface area contributed by atoms with Gasteiger partial charge in [-0.25, -0.2) is 0 Å². The van der Waals surface area contributed by atoms with Crippen LogP contribution in [0.25, 0.3) is 10.8 Å². The number of aromatic hydroxyl groups is 1.